The minimum atomic E-state index is 0.534. The quantitative estimate of drug-likeness (QED) is 0.427. The van der Waals surface area contributed by atoms with E-state index in [2.05, 4.69) is 86.6 Å². The van der Waals surface area contributed by atoms with Crippen LogP contribution in [0.15, 0.2) is 72.8 Å². The molecule has 0 amide bonds. The van der Waals surface area contributed by atoms with Gasteiger partial charge in [-0.3, -0.25) is 0 Å². The summed E-state index contributed by atoms with van der Waals surface area (Å²) in [6, 6.07) is 27.4. The molecule has 1 aliphatic carbocycles. The molecule has 0 bridgehead atoms. The summed E-state index contributed by atoms with van der Waals surface area (Å²) in [6.07, 6.45) is 8.10. The van der Waals surface area contributed by atoms with Crippen molar-refractivity contribution >= 4 is 0 Å². The van der Waals surface area contributed by atoms with Crippen LogP contribution in [0, 0.1) is 6.92 Å². The van der Waals surface area contributed by atoms with Crippen LogP contribution in [0.5, 0.6) is 0 Å². The van der Waals surface area contributed by atoms with E-state index in [1.807, 2.05) is 0 Å². The van der Waals surface area contributed by atoms with Gasteiger partial charge in [-0.05, 0) is 65.8 Å². The molecule has 1 saturated carbocycles. The van der Waals surface area contributed by atoms with E-state index in [9.17, 15) is 0 Å². The van der Waals surface area contributed by atoms with Crippen molar-refractivity contribution in [1.29, 1.82) is 0 Å². The first-order valence-corrected chi connectivity index (χ1v) is 10.9. The van der Waals surface area contributed by atoms with Crippen molar-refractivity contribution in [3.63, 3.8) is 0 Å². The Balaban J connectivity index is 1.41. The molecule has 1 atom stereocenters. The molecule has 0 spiro atoms. The standard InChI is InChI=1S/C28H32/c1-21-7-6-10-28(19-21)27-17-15-24(16-18-27)22(2)20-23-11-13-26(14-12-23)25-8-4-3-5-9-25/h6-7,10-19,22,25H,3-5,8-9,20H2,1-2H3. The molecule has 4 rings (SSSR count). The maximum Gasteiger partial charge on any atom is -0.0150 e. The predicted molar refractivity (Wildman–Crippen MR) is 121 cm³/mol. The summed E-state index contributed by atoms with van der Waals surface area (Å²) in [5.41, 5.74) is 8.35. The zero-order valence-corrected chi connectivity index (χ0v) is 17.3. The summed E-state index contributed by atoms with van der Waals surface area (Å²) in [6.45, 7) is 4.50. The summed E-state index contributed by atoms with van der Waals surface area (Å²) in [4.78, 5) is 0. The van der Waals surface area contributed by atoms with Crippen LogP contribution in [0.2, 0.25) is 0 Å². The second-order valence-corrected chi connectivity index (χ2v) is 8.67. The molecular weight excluding hydrogens is 336 g/mol. The maximum absolute atomic E-state index is 2.39. The van der Waals surface area contributed by atoms with Crippen LogP contribution in [-0.2, 0) is 6.42 Å². The average Bonchev–Trinajstić information content (AvgIpc) is 2.75. The van der Waals surface area contributed by atoms with Gasteiger partial charge >= 0.3 is 0 Å². The summed E-state index contributed by atoms with van der Waals surface area (Å²) < 4.78 is 0. The zero-order valence-electron chi connectivity index (χ0n) is 17.3. The van der Waals surface area contributed by atoms with Crippen molar-refractivity contribution < 1.29 is 0 Å². The highest BCUT2D eigenvalue weighted by atomic mass is 14.2. The van der Waals surface area contributed by atoms with Gasteiger partial charge in [0.25, 0.3) is 0 Å². The lowest BCUT2D eigenvalue weighted by Gasteiger charge is -2.22. The fourth-order valence-corrected chi connectivity index (χ4v) is 4.66. The van der Waals surface area contributed by atoms with Crippen molar-refractivity contribution in [2.75, 3.05) is 0 Å². The van der Waals surface area contributed by atoms with Crippen LogP contribution in [-0.4, -0.2) is 0 Å². The highest BCUT2D eigenvalue weighted by molar-refractivity contribution is 5.64. The van der Waals surface area contributed by atoms with E-state index in [4.69, 9.17) is 0 Å². The van der Waals surface area contributed by atoms with Crippen molar-refractivity contribution in [3.05, 3.63) is 95.1 Å². The third kappa shape index (κ3) is 4.55. The number of hydrogen-bond donors (Lipinski definition) is 0. The normalized spacial score (nSPS) is 16.1. The first-order valence-electron chi connectivity index (χ1n) is 10.9. The largest absolute Gasteiger partial charge is 0.0614 e. The lowest BCUT2D eigenvalue weighted by molar-refractivity contribution is 0.443. The van der Waals surface area contributed by atoms with Gasteiger partial charge in [-0.25, -0.2) is 0 Å². The SMILES string of the molecule is Cc1cccc(-c2ccc(C(C)Cc3ccc(C4CCCCC4)cc3)cc2)c1. The number of rotatable bonds is 5. The molecular formula is C28H32. The smallest absolute Gasteiger partial charge is 0.0150 e. The second kappa shape index (κ2) is 8.78. The molecule has 28 heavy (non-hydrogen) atoms. The minimum absolute atomic E-state index is 0.534. The summed E-state index contributed by atoms with van der Waals surface area (Å²) in [7, 11) is 0. The van der Waals surface area contributed by atoms with Crippen LogP contribution < -0.4 is 0 Å². The Kier molecular flexibility index (Phi) is 5.95. The van der Waals surface area contributed by atoms with Crippen LogP contribution in [0.1, 0.15) is 73.1 Å². The molecule has 1 fully saturated rings. The first-order chi connectivity index (χ1) is 13.7. The molecule has 0 nitrogen and oxygen atoms in total. The van der Waals surface area contributed by atoms with E-state index in [1.54, 1.807) is 5.56 Å². The molecule has 144 valence electrons. The van der Waals surface area contributed by atoms with Crippen molar-refractivity contribution in [2.24, 2.45) is 0 Å². The second-order valence-electron chi connectivity index (χ2n) is 8.67. The molecule has 0 aromatic heterocycles. The van der Waals surface area contributed by atoms with E-state index in [-0.39, 0.29) is 0 Å². The summed E-state index contributed by atoms with van der Waals surface area (Å²) in [5, 5.41) is 0. The van der Waals surface area contributed by atoms with Gasteiger partial charge in [-0.1, -0.05) is 105 Å². The van der Waals surface area contributed by atoms with Gasteiger partial charge in [0, 0.05) is 0 Å². The molecule has 1 unspecified atom stereocenters. The van der Waals surface area contributed by atoms with Crippen LogP contribution in [0.3, 0.4) is 0 Å². The molecule has 3 aromatic carbocycles. The van der Waals surface area contributed by atoms with Gasteiger partial charge in [0.1, 0.15) is 0 Å². The first kappa shape index (κ1) is 19.0. The third-order valence-corrected chi connectivity index (χ3v) is 6.43. The van der Waals surface area contributed by atoms with Crippen molar-refractivity contribution in [1.82, 2.24) is 0 Å². The molecule has 1 aliphatic rings. The highest BCUT2D eigenvalue weighted by Gasteiger charge is 2.15. The van der Waals surface area contributed by atoms with Crippen molar-refractivity contribution in [2.45, 2.75) is 64.2 Å². The van der Waals surface area contributed by atoms with Crippen molar-refractivity contribution in [3.8, 4) is 11.1 Å². The van der Waals surface area contributed by atoms with E-state index < -0.39 is 0 Å². The van der Waals surface area contributed by atoms with E-state index in [0.717, 1.165) is 12.3 Å². The average molecular weight is 369 g/mol. The van der Waals surface area contributed by atoms with Crippen LogP contribution in [0.4, 0.5) is 0 Å². The maximum atomic E-state index is 2.39. The Hall–Kier alpha value is -2.34. The van der Waals surface area contributed by atoms with Gasteiger partial charge in [0.05, 0.1) is 0 Å². The third-order valence-electron chi connectivity index (χ3n) is 6.43. The Bertz CT molecular complexity index is 880. The van der Waals surface area contributed by atoms with Gasteiger partial charge in [-0.2, -0.15) is 0 Å². The minimum Gasteiger partial charge on any atom is -0.0614 e. The Morgan fingerprint density at radius 1 is 0.786 bits per heavy atom. The van der Waals surface area contributed by atoms with E-state index >= 15 is 0 Å². The Labute approximate surface area is 170 Å². The van der Waals surface area contributed by atoms with Gasteiger partial charge < -0.3 is 0 Å². The molecule has 0 heteroatoms. The Morgan fingerprint density at radius 3 is 2.18 bits per heavy atom. The highest BCUT2D eigenvalue weighted by Crippen LogP contribution is 2.33. The van der Waals surface area contributed by atoms with E-state index in [1.165, 1.54) is 59.9 Å². The number of aryl methyl sites for hydroxylation is 1. The monoisotopic (exact) mass is 368 g/mol. The summed E-state index contributed by atoms with van der Waals surface area (Å²) >= 11 is 0. The zero-order chi connectivity index (χ0) is 19.3. The molecule has 3 aromatic rings. The lowest BCUT2D eigenvalue weighted by atomic mass is 9.83. The lowest BCUT2D eigenvalue weighted by Crippen LogP contribution is -2.05. The molecule has 0 saturated heterocycles. The fraction of sp³-hybridized carbons (Fsp3) is 0.357. The molecule has 0 radical (unpaired) electrons. The Morgan fingerprint density at radius 2 is 1.50 bits per heavy atom. The van der Waals surface area contributed by atoms with Gasteiger partial charge in [0.2, 0.25) is 0 Å². The van der Waals surface area contributed by atoms with Gasteiger partial charge in [-0.15, -0.1) is 0 Å². The summed E-state index contributed by atoms with van der Waals surface area (Å²) in [5.74, 6) is 1.33. The molecule has 0 N–H and O–H groups in total. The van der Waals surface area contributed by atoms with Crippen LogP contribution >= 0.6 is 0 Å². The predicted octanol–water partition coefficient (Wildman–Crippen LogP) is 8.06. The van der Waals surface area contributed by atoms with Crippen LogP contribution in [0.25, 0.3) is 11.1 Å². The number of benzene rings is 3. The van der Waals surface area contributed by atoms with E-state index in [0.29, 0.717) is 5.92 Å². The van der Waals surface area contributed by atoms with Gasteiger partial charge in [0.15, 0.2) is 0 Å². The topological polar surface area (TPSA) is 0 Å². The fourth-order valence-electron chi connectivity index (χ4n) is 4.66. The number of hydrogen-bond acceptors (Lipinski definition) is 0. The molecule has 0 heterocycles. The molecule has 0 aliphatic heterocycles.